The molecule has 0 radical (unpaired) electrons. The van der Waals surface area contributed by atoms with Gasteiger partial charge in [-0.3, -0.25) is 4.79 Å². The Bertz CT molecular complexity index is 440. The third-order valence-corrected chi connectivity index (χ3v) is 2.61. The molecule has 0 saturated heterocycles. The van der Waals surface area contributed by atoms with Gasteiger partial charge in [-0.2, -0.15) is 0 Å². The van der Waals surface area contributed by atoms with E-state index in [0.717, 1.165) is 5.56 Å². The van der Waals surface area contributed by atoms with Crippen molar-refractivity contribution in [2.45, 2.75) is 26.3 Å². The highest BCUT2D eigenvalue weighted by Gasteiger charge is 2.34. The van der Waals surface area contributed by atoms with Crippen molar-refractivity contribution in [3.63, 3.8) is 0 Å². The van der Waals surface area contributed by atoms with E-state index >= 15 is 0 Å². The second-order valence-corrected chi connectivity index (χ2v) is 4.32. The molecule has 2 rings (SSSR count). The molecule has 1 aliphatic rings. The van der Waals surface area contributed by atoms with Crippen LogP contribution in [0.25, 0.3) is 0 Å². The molecule has 0 bridgehead atoms. The summed E-state index contributed by atoms with van der Waals surface area (Å²) in [5, 5.41) is 5.63. The predicted octanol–water partition coefficient (Wildman–Crippen LogP) is 2.28. The van der Waals surface area contributed by atoms with Gasteiger partial charge in [-0.15, -0.1) is 0 Å². The van der Waals surface area contributed by atoms with E-state index in [9.17, 15) is 9.18 Å². The van der Waals surface area contributed by atoms with Crippen LogP contribution in [0.2, 0.25) is 0 Å². The molecular formula is C11H13FN2O. The van der Waals surface area contributed by atoms with Crippen molar-refractivity contribution in [2.24, 2.45) is 0 Å². The number of amides is 1. The van der Waals surface area contributed by atoms with Crippen LogP contribution in [-0.2, 0) is 4.79 Å². The monoisotopic (exact) mass is 208 g/mol. The predicted molar refractivity (Wildman–Crippen MR) is 57.5 cm³/mol. The van der Waals surface area contributed by atoms with Crippen molar-refractivity contribution in [1.29, 1.82) is 0 Å². The maximum Gasteiger partial charge on any atom is 0.249 e. The molecule has 1 aliphatic heterocycles. The van der Waals surface area contributed by atoms with Gasteiger partial charge in [0, 0.05) is 0 Å². The summed E-state index contributed by atoms with van der Waals surface area (Å²) in [6.07, 6.45) is 0. The van der Waals surface area contributed by atoms with Crippen LogP contribution in [0.3, 0.4) is 0 Å². The molecule has 3 nitrogen and oxygen atoms in total. The Labute approximate surface area is 87.7 Å². The lowest BCUT2D eigenvalue weighted by Gasteiger charge is -2.33. The normalized spacial score (nSPS) is 17.7. The Morgan fingerprint density at radius 1 is 1.27 bits per heavy atom. The van der Waals surface area contributed by atoms with Gasteiger partial charge < -0.3 is 10.6 Å². The fraction of sp³-hybridized carbons (Fsp3) is 0.364. The number of aryl methyl sites for hydroxylation is 1. The van der Waals surface area contributed by atoms with Crippen molar-refractivity contribution >= 4 is 17.3 Å². The maximum absolute atomic E-state index is 13.4. The lowest BCUT2D eigenvalue weighted by Crippen LogP contribution is -2.48. The number of nitrogens with one attached hydrogen (secondary N) is 2. The summed E-state index contributed by atoms with van der Waals surface area (Å²) in [6, 6.07) is 3.04. The van der Waals surface area contributed by atoms with Crippen molar-refractivity contribution in [3.8, 4) is 0 Å². The van der Waals surface area contributed by atoms with Crippen LogP contribution in [0.15, 0.2) is 12.1 Å². The highest BCUT2D eigenvalue weighted by Crippen LogP contribution is 2.35. The molecule has 0 aromatic heterocycles. The molecule has 80 valence electrons. The SMILES string of the molecule is Cc1ccc(F)c2c1NC(C)(C)C(=O)N2. The number of carbonyl (C=O) groups is 1. The Morgan fingerprint density at radius 2 is 1.93 bits per heavy atom. The Balaban J connectivity index is 2.59. The number of carbonyl (C=O) groups excluding carboxylic acids is 1. The minimum atomic E-state index is -0.703. The van der Waals surface area contributed by atoms with Gasteiger partial charge in [0.2, 0.25) is 5.91 Å². The van der Waals surface area contributed by atoms with Crippen LogP contribution in [0.5, 0.6) is 0 Å². The van der Waals surface area contributed by atoms with Crippen LogP contribution >= 0.6 is 0 Å². The summed E-state index contributed by atoms with van der Waals surface area (Å²) in [7, 11) is 0. The Morgan fingerprint density at radius 3 is 2.60 bits per heavy atom. The van der Waals surface area contributed by atoms with E-state index in [0.29, 0.717) is 5.69 Å². The third-order valence-electron chi connectivity index (χ3n) is 2.61. The highest BCUT2D eigenvalue weighted by atomic mass is 19.1. The molecule has 1 aromatic rings. The van der Waals surface area contributed by atoms with Crippen molar-refractivity contribution < 1.29 is 9.18 Å². The smallest absolute Gasteiger partial charge is 0.249 e. The van der Waals surface area contributed by atoms with E-state index in [2.05, 4.69) is 10.6 Å². The number of anilines is 2. The first kappa shape index (κ1) is 9.96. The van der Waals surface area contributed by atoms with Crippen LogP contribution < -0.4 is 10.6 Å². The second kappa shape index (κ2) is 2.95. The quantitative estimate of drug-likeness (QED) is 0.686. The molecule has 1 heterocycles. The standard InChI is InChI=1S/C11H13FN2O/c1-6-4-5-7(12)9-8(6)14-11(2,3)10(15)13-9/h4-5,14H,1-3H3,(H,13,15). The van der Waals surface area contributed by atoms with Gasteiger partial charge in [0.1, 0.15) is 17.0 Å². The van der Waals surface area contributed by atoms with Crippen LogP contribution in [0.1, 0.15) is 19.4 Å². The van der Waals surface area contributed by atoms with Gasteiger partial charge in [-0.05, 0) is 32.4 Å². The number of halogens is 1. The second-order valence-electron chi connectivity index (χ2n) is 4.32. The minimum absolute atomic E-state index is 0.223. The Hall–Kier alpha value is -1.58. The van der Waals surface area contributed by atoms with Gasteiger partial charge in [0.15, 0.2) is 0 Å². The third kappa shape index (κ3) is 1.46. The fourth-order valence-electron chi connectivity index (χ4n) is 1.60. The van der Waals surface area contributed by atoms with E-state index in [-0.39, 0.29) is 11.6 Å². The van der Waals surface area contributed by atoms with Gasteiger partial charge in [0.25, 0.3) is 0 Å². The maximum atomic E-state index is 13.4. The first-order chi connectivity index (χ1) is 6.92. The summed E-state index contributed by atoms with van der Waals surface area (Å²) in [5.41, 5.74) is 1.13. The molecule has 1 aromatic carbocycles. The molecule has 1 amide bonds. The molecule has 2 N–H and O–H groups in total. The zero-order valence-electron chi connectivity index (χ0n) is 8.94. The van der Waals surface area contributed by atoms with Gasteiger partial charge in [0.05, 0.1) is 5.69 Å². The molecule has 0 saturated carbocycles. The van der Waals surface area contributed by atoms with Crippen LogP contribution in [0, 0.1) is 12.7 Å². The molecule has 15 heavy (non-hydrogen) atoms. The average molecular weight is 208 g/mol. The molecule has 0 aliphatic carbocycles. The van der Waals surface area contributed by atoms with E-state index in [4.69, 9.17) is 0 Å². The van der Waals surface area contributed by atoms with Crippen LogP contribution in [-0.4, -0.2) is 11.4 Å². The van der Waals surface area contributed by atoms with Gasteiger partial charge in [-0.25, -0.2) is 4.39 Å². The first-order valence-corrected chi connectivity index (χ1v) is 4.80. The summed E-state index contributed by atoms with van der Waals surface area (Å²) >= 11 is 0. The molecule has 0 unspecified atom stereocenters. The lowest BCUT2D eigenvalue weighted by atomic mass is 9.98. The van der Waals surface area contributed by atoms with Crippen molar-refractivity contribution in [3.05, 3.63) is 23.5 Å². The number of fused-ring (bicyclic) bond motifs is 1. The molecule has 0 spiro atoms. The summed E-state index contributed by atoms with van der Waals surface area (Å²) < 4.78 is 13.4. The van der Waals surface area contributed by atoms with Gasteiger partial charge >= 0.3 is 0 Å². The Kier molecular flexibility index (Phi) is 1.96. The average Bonchev–Trinajstić information content (AvgIpc) is 2.15. The summed E-state index contributed by atoms with van der Waals surface area (Å²) in [5.74, 6) is -0.633. The van der Waals surface area contributed by atoms with Gasteiger partial charge in [-0.1, -0.05) is 6.07 Å². The largest absolute Gasteiger partial charge is 0.370 e. The summed E-state index contributed by atoms with van der Waals surface area (Å²) in [4.78, 5) is 11.6. The fourth-order valence-corrected chi connectivity index (χ4v) is 1.60. The summed E-state index contributed by atoms with van der Waals surface area (Å²) in [6.45, 7) is 5.39. The van der Waals surface area contributed by atoms with E-state index < -0.39 is 11.4 Å². The number of benzene rings is 1. The molecule has 4 heteroatoms. The number of hydrogen-bond donors (Lipinski definition) is 2. The zero-order valence-corrected chi connectivity index (χ0v) is 8.94. The van der Waals surface area contributed by atoms with E-state index in [1.807, 2.05) is 6.92 Å². The number of rotatable bonds is 0. The lowest BCUT2D eigenvalue weighted by molar-refractivity contribution is -0.119. The van der Waals surface area contributed by atoms with Crippen molar-refractivity contribution in [2.75, 3.05) is 10.6 Å². The van der Waals surface area contributed by atoms with E-state index in [1.165, 1.54) is 6.07 Å². The highest BCUT2D eigenvalue weighted by molar-refractivity contribution is 6.06. The topological polar surface area (TPSA) is 41.1 Å². The molecule has 0 atom stereocenters. The zero-order chi connectivity index (χ0) is 11.2. The molecular weight excluding hydrogens is 195 g/mol. The van der Waals surface area contributed by atoms with Crippen molar-refractivity contribution in [1.82, 2.24) is 0 Å². The number of hydrogen-bond acceptors (Lipinski definition) is 2. The van der Waals surface area contributed by atoms with Crippen LogP contribution in [0.4, 0.5) is 15.8 Å². The van der Waals surface area contributed by atoms with E-state index in [1.54, 1.807) is 19.9 Å². The first-order valence-electron chi connectivity index (χ1n) is 4.80. The molecule has 0 fully saturated rings. The minimum Gasteiger partial charge on any atom is -0.370 e.